The van der Waals surface area contributed by atoms with E-state index in [-0.39, 0.29) is 19.5 Å². The summed E-state index contributed by atoms with van der Waals surface area (Å²) < 4.78 is 28.1. The van der Waals surface area contributed by atoms with E-state index in [2.05, 4.69) is 4.98 Å². The number of nitrogens with zero attached hydrogens (tertiary/aromatic N) is 4. The van der Waals surface area contributed by atoms with Gasteiger partial charge in [0.05, 0.1) is 13.0 Å². The average Bonchev–Trinajstić information content (AvgIpc) is 2.71. The quantitative estimate of drug-likeness (QED) is 0.730. The fourth-order valence-electron chi connectivity index (χ4n) is 1.44. The van der Waals surface area contributed by atoms with Gasteiger partial charge >= 0.3 is 5.97 Å². The number of carboxylic acid groups (broad SMARTS) is 1. The van der Waals surface area contributed by atoms with Gasteiger partial charge in [0, 0.05) is 40.1 Å². The van der Waals surface area contributed by atoms with Crippen molar-refractivity contribution in [3.63, 3.8) is 0 Å². The Labute approximate surface area is 112 Å². The van der Waals surface area contributed by atoms with E-state index in [0.717, 1.165) is 8.61 Å². The molecule has 0 spiro atoms. The molecule has 0 fully saturated rings. The minimum absolute atomic E-state index is 0.0669. The predicted octanol–water partition coefficient (Wildman–Crippen LogP) is -0.497. The summed E-state index contributed by atoms with van der Waals surface area (Å²) in [6.07, 6.45) is 3.08. The van der Waals surface area contributed by atoms with E-state index in [0.29, 0.717) is 5.82 Å². The standard InChI is InChI=1S/C10H18N4O4S/c1-12-7-5-11-9(12)8-14(3)19(17,18)13(2)6-4-10(15)16/h5,7H,4,6,8H2,1-3H3,(H,15,16). The van der Waals surface area contributed by atoms with Gasteiger partial charge in [0.25, 0.3) is 10.2 Å². The molecule has 0 amide bonds. The van der Waals surface area contributed by atoms with Gasteiger partial charge in [0.1, 0.15) is 5.82 Å². The van der Waals surface area contributed by atoms with Crippen LogP contribution in [-0.2, 0) is 28.6 Å². The van der Waals surface area contributed by atoms with Gasteiger partial charge in [-0.1, -0.05) is 0 Å². The van der Waals surface area contributed by atoms with Crippen LogP contribution < -0.4 is 0 Å². The maximum atomic E-state index is 12.1. The molecule has 0 unspecified atom stereocenters. The van der Waals surface area contributed by atoms with E-state index >= 15 is 0 Å². The molecule has 0 saturated heterocycles. The fourth-order valence-corrected chi connectivity index (χ4v) is 2.51. The second-order valence-electron chi connectivity index (χ2n) is 4.18. The van der Waals surface area contributed by atoms with Crippen LogP contribution in [0.2, 0.25) is 0 Å². The lowest BCUT2D eigenvalue weighted by molar-refractivity contribution is -0.137. The van der Waals surface area contributed by atoms with Gasteiger partial charge in [-0.15, -0.1) is 0 Å². The Morgan fingerprint density at radius 2 is 2.05 bits per heavy atom. The summed E-state index contributed by atoms with van der Waals surface area (Å²) in [5.41, 5.74) is 0. The molecule has 0 radical (unpaired) electrons. The van der Waals surface area contributed by atoms with E-state index < -0.39 is 16.2 Å². The SMILES string of the molecule is CN(CCC(=O)O)S(=O)(=O)N(C)Cc1nccn1C. The molecular formula is C10H18N4O4S. The third-order valence-corrected chi connectivity index (χ3v) is 4.60. The molecule has 0 aliphatic rings. The molecule has 8 nitrogen and oxygen atoms in total. The summed E-state index contributed by atoms with van der Waals surface area (Å²) >= 11 is 0. The van der Waals surface area contributed by atoms with Crippen molar-refractivity contribution < 1.29 is 18.3 Å². The number of imidazole rings is 1. The Hall–Kier alpha value is -1.45. The monoisotopic (exact) mass is 290 g/mol. The Morgan fingerprint density at radius 3 is 2.53 bits per heavy atom. The molecule has 1 heterocycles. The van der Waals surface area contributed by atoms with Crippen molar-refractivity contribution in [1.29, 1.82) is 0 Å². The second-order valence-corrected chi connectivity index (χ2v) is 6.33. The lowest BCUT2D eigenvalue weighted by Gasteiger charge is -2.23. The maximum Gasteiger partial charge on any atom is 0.304 e. The largest absolute Gasteiger partial charge is 0.481 e. The van der Waals surface area contributed by atoms with Gasteiger partial charge in [-0.25, -0.2) is 4.98 Å². The highest BCUT2D eigenvalue weighted by Gasteiger charge is 2.24. The number of aryl methyl sites for hydroxylation is 1. The Bertz CT molecular complexity index is 539. The second kappa shape index (κ2) is 6.13. The zero-order chi connectivity index (χ0) is 14.6. The summed E-state index contributed by atoms with van der Waals surface area (Å²) in [6, 6.07) is 0. The zero-order valence-corrected chi connectivity index (χ0v) is 12.0. The maximum absolute atomic E-state index is 12.1. The number of carbonyl (C=O) groups is 1. The van der Waals surface area contributed by atoms with Crippen LogP contribution in [0.3, 0.4) is 0 Å². The van der Waals surface area contributed by atoms with Crippen molar-refractivity contribution >= 4 is 16.2 Å². The third kappa shape index (κ3) is 4.01. The highest BCUT2D eigenvalue weighted by Crippen LogP contribution is 2.09. The van der Waals surface area contributed by atoms with Crippen LogP contribution >= 0.6 is 0 Å². The van der Waals surface area contributed by atoms with E-state index in [4.69, 9.17) is 5.11 Å². The summed E-state index contributed by atoms with van der Waals surface area (Å²) in [6.45, 7) is 0.0613. The van der Waals surface area contributed by atoms with Crippen LogP contribution in [0.5, 0.6) is 0 Å². The summed E-state index contributed by atoms with van der Waals surface area (Å²) in [5, 5.41) is 8.56. The first kappa shape index (κ1) is 15.6. The molecule has 19 heavy (non-hydrogen) atoms. The minimum Gasteiger partial charge on any atom is -0.481 e. The normalized spacial score (nSPS) is 12.3. The lowest BCUT2D eigenvalue weighted by Crippen LogP contribution is -2.40. The molecule has 0 aromatic carbocycles. The first-order chi connectivity index (χ1) is 8.75. The van der Waals surface area contributed by atoms with Crippen molar-refractivity contribution in [2.45, 2.75) is 13.0 Å². The Kier molecular flexibility index (Phi) is 5.04. The van der Waals surface area contributed by atoms with Crippen molar-refractivity contribution in [3.8, 4) is 0 Å². The summed E-state index contributed by atoms with van der Waals surface area (Å²) in [5.74, 6) is -0.425. The van der Waals surface area contributed by atoms with Crippen LogP contribution in [0.4, 0.5) is 0 Å². The highest BCUT2D eigenvalue weighted by molar-refractivity contribution is 7.86. The number of rotatable bonds is 7. The molecule has 0 aliphatic heterocycles. The molecule has 9 heteroatoms. The smallest absolute Gasteiger partial charge is 0.304 e. The lowest BCUT2D eigenvalue weighted by atomic mass is 10.4. The highest BCUT2D eigenvalue weighted by atomic mass is 32.2. The minimum atomic E-state index is -3.68. The van der Waals surface area contributed by atoms with Crippen molar-refractivity contribution in [1.82, 2.24) is 18.2 Å². The average molecular weight is 290 g/mol. The third-order valence-electron chi connectivity index (χ3n) is 2.71. The molecule has 0 saturated carbocycles. The molecular weight excluding hydrogens is 272 g/mol. The van der Waals surface area contributed by atoms with E-state index in [1.54, 1.807) is 24.0 Å². The van der Waals surface area contributed by atoms with Gasteiger partial charge in [-0.3, -0.25) is 4.79 Å². The fraction of sp³-hybridized carbons (Fsp3) is 0.600. The predicted molar refractivity (Wildman–Crippen MR) is 68.5 cm³/mol. The molecule has 1 aromatic heterocycles. The number of aromatic nitrogens is 2. The zero-order valence-electron chi connectivity index (χ0n) is 11.1. The first-order valence-electron chi connectivity index (χ1n) is 5.60. The molecule has 0 aliphatic carbocycles. The van der Waals surface area contributed by atoms with Gasteiger partial charge in [0.2, 0.25) is 0 Å². The van der Waals surface area contributed by atoms with Gasteiger partial charge in [-0.2, -0.15) is 17.0 Å². The van der Waals surface area contributed by atoms with Crippen LogP contribution in [-0.4, -0.2) is 58.3 Å². The van der Waals surface area contributed by atoms with Crippen molar-refractivity contribution in [2.75, 3.05) is 20.6 Å². The van der Waals surface area contributed by atoms with Gasteiger partial charge in [0.15, 0.2) is 0 Å². The number of aliphatic carboxylic acids is 1. The number of hydrogen-bond acceptors (Lipinski definition) is 4. The number of hydrogen-bond donors (Lipinski definition) is 1. The van der Waals surface area contributed by atoms with Gasteiger partial charge < -0.3 is 9.67 Å². The van der Waals surface area contributed by atoms with Crippen LogP contribution in [0.15, 0.2) is 12.4 Å². The number of carboxylic acids is 1. The summed E-state index contributed by atoms with van der Waals surface area (Å²) in [7, 11) is 0.883. The van der Waals surface area contributed by atoms with E-state index in [1.807, 2.05) is 0 Å². The summed E-state index contributed by atoms with van der Waals surface area (Å²) in [4.78, 5) is 14.5. The molecule has 0 bridgehead atoms. The Morgan fingerprint density at radius 1 is 1.42 bits per heavy atom. The van der Waals surface area contributed by atoms with Crippen LogP contribution in [0, 0.1) is 0 Å². The molecule has 0 atom stereocenters. The first-order valence-corrected chi connectivity index (χ1v) is 7.00. The van der Waals surface area contributed by atoms with Crippen molar-refractivity contribution in [3.05, 3.63) is 18.2 Å². The van der Waals surface area contributed by atoms with Crippen LogP contribution in [0.25, 0.3) is 0 Å². The topological polar surface area (TPSA) is 95.7 Å². The molecule has 1 rings (SSSR count). The molecule has 1 aromatic rings. The molecule has 108 valence electrons. The Balaban J connectivity index is 2.71. The van der Waals surface area contributed by atoms with Crippen molar-refractivity contribution in [2.24, 2.45) is 7.05 Å². The van der Waals surface area contributed by atoms with Crippen LogP contribution in [0.1, 0.15) is 12.2 Å². The van der Waals surface area contributed by atoms with E-state index in [1.165, 1.54) is 14.1 Å². The molecule has 1 N–H and O–H groups in total. The van der Waals surface area contributed by atoms with Gasteiger partial charge in [-0.05, 0) is 0 Å². The van der Waals surface area contributed by atoms with E-state index in [9.17, 15) is 13.2 Å².